The SMILES string of the molecule is Cc1ccc(F)c(CNc2ccc(N3CCNC(=O)C3)cn2)c1. The van der Waals surface area contributed by atoms with Gasteiger partial charge in [0.1, 0.15) is 11.6 Å². The number of rotatable bonds is 4. The molecule has 0 saturated carbocycles. The van der Waals surface area contributed by atoms with Gasteiger partial charge in [-0.2, -0.15) is 0 Å². The molecule has 0 atom stereocenters. The number of carbonyl (C=O) groups is 1. The van der Waals surface area contributed by atoms with Gasteiger partial charge in [0, 0.05) is 25.2 Å². The van der Waals surface area contributed by atoms with E-state index in [4.69, 9.17) is 0 Å². The molecular formula is C17H19FN4O. The molecule has 2 heterocycles. The molecule has 1 aromatic heterocycles. The molecule has 2 N–H and O–H groups in total. The van der Waals surface area contributed by atoms with Gasteiger partial charge in [0.15, 0.2) is 0 Å². The lowest BCUT2D eigenvalue weighted by molar-refractivity contribution is -0.120. The van der Waals surface area contributed by atoms with Gasteiger partial charge < -0.3 is 15.5 Å². The molecule has 0 aliphatic carbocycles. The van der Waals surface area contributed by atoms with Crippen LogP contribution < -0.4 is 15.5 Å². The van der Waals surface area contributed by atoms with E-state index >= 15 is 0 Å². The number of aromatic nitrogens is 1. The first-order valence-corrected chi connectivity index (χ1v) is 7.58. The predicted octanol–water partition coefficient (Wildman–Crippen LogP) is 2.08. The zero-order valence-electron chi connectivity index (χ0n) is 13.0. The molecule has 1 aliphatic rings. The maximum Gasteiger partial charge on any atom is 0.239 e. The normalized spacial score (nSPS) is 14.5. The van der Waals surface area contributed by atoms with Crippen LogP contribution in [0.15, 0.2) is 36.5 Å². The van der Waals surface area contributed by atoms with Crippen LogP contribution in [0.4, 0.5) is 15.9 Å². The summed E-state index contributed by atoms with van der Waals surface area (Å²) in [6.07, 6.45) is 1.73. The first-order valence-electron chi connectivity index (χ1n) is 7.58. The Balaban J connectivity index is 1.63. The number of aryl methyl sites for hydroxylation is 1. The average molecular weight is 314 g/mol. The minimum atomic E-state index is -0.223. The first kappa shape index (κ1) is 15.3. The molecule has 0 spiro atoms. The highest BCUT2D eigenvalue weighted by molar-refractivity contribution is 5.82. The van der Waals surface area contributed by atoms with Crippen molar-refractivity contribution in [3.63, 3.8) is 0 Å². The Morgan fingerprint density at radius 2 is 2.22 bits per heavy atom. The largest absolute Gasteiger partial charge is 0.366 e. The Morgan fingerprint density at radius 1 is 1.35 bits per heavy atom. The van der Waals surface area contributed by atoms with E-state index < -0.39 is 0 Å². The number of benzene rings is 1. The predicted molar refractivity (Wildman–Crippen MR) is 87.9 cm³/mol. The van der Waals surface area contributed by atoms with Crippen LogP contribution in [0.3, 0.4) is 0 Å². The molecule has 0 unspecified atom stereocenters. The Labute approximate surface area is 134 Å². The van der Waals surface area contributed by atoms with Crippen LogP contribution in [0.5, 0.6) is 0 Å². The quantitative estimate of drug-likeness (QED) is 0.907. The highest BCUT2D eigenvalue weighted by Gasteiger charge is 2.16. The van der Waals surface area contributed by atoms with Gasteiger partial charge in [0.2, 0.25) is 5.91 Å². The third-order valence-corrected chi connectivity index (χ3v) is 3.81. The number of pyridine rings is 1. The van der Waals surface area contributed by atoms with Gasteiger partial charge in [0.25, 0.3) is 0 Å². The van der Waals surface area contributed by atoms with Crippen LogP contribution in [0.25, 0.3) is 0 Å². The molecule has 6 heteroatoms. The molecule has 1 aliphatic heterocycles. The number of piperazine rings is 1. The Morgan fingerprint density at radius 3 is 2.96 bits per heavy atom. The van der Waals surface area contributed by atoms with E-state index in [0.717, 1.165) is 17.8 Å². The van der Waals surface area contributed by atoms with Gasteiger partial charge in [-0.25, -0.2) is 9.37 Å². The number of hydrogen-bond donors (Lipinski definition) is 2. The van der Waals surface area contributed by atoms with Crippen LogP contribution in [0.2, 0.25) is 0 Å². The number of amides is 1. The minimum absolute atomic E-state index is 0.0216. The lowest BCUT2D eigenvalue weighted by Gasteiger charge is -2.28. The topological polar surface area (TPSA) is 57.3 Å². The van der Waals surface area contributed by atoms with Crippen LogP contribution >= 0.6 is 0 Å². The highest BCUT2D eigenvalue weighted by Crippen LogP contribution is 2.17. The second-order valence-corrected chi connectivity index (χ2v) is 5.62. The Kier molecular flexibility index (Phi) is 4.41. The summed E-state index contributed by atoms with van der Waals surface area (Å²) in [4.78, 5) is 17.7. The average Bonchev–Trinajstić information content (AvgIpc) is 2.56. The maximum atomic E-state index is 13.7. The van der Waals surface area contributed by atoms with Crippen molar-refractivity contribution in [3.8, 4) is 0 Å². The Hall–Kier alpha value is -2.63. The van der Waals surface area contributed by atoms with Crippen molar-refractivity contribution in [1.82, 2.24) is 10.3 Å². The maximum absolute atomic E-state index is 13.7. The zero-order valence-corrected chi connectivity index (χ0v) is 13.0. The van der Waals surface area contributed by atoms with E-state index in [-0.39, 0.29) is 11.7 Å². The highest BCUT2D eigenvalue weighted by atomic mass is 19.1. The zero-order chi connectivity index (χ0) is 16.2. The lowest BCUT2D eigenvalue weighted by atomic mass is 10.1. The van der Waals surface area contributed by atoms with E-state index in [1.165, 1.54) is 6.07 Å². The smallest absolute Gasteiger partial charge is 0.239 e. The van der Waals surface area contributed by atoms with E-state index in [2.05, 4.69) is 15.6 Å². The van der Waals surface area contributed by atoms with Crippen molar-refractivity contribution in [1.29, 1.82) is 0 Å². The molecule has 1 fully saturated rings. The van der Waals surface area contributed by atoms with Crippen molar-refractivity contribution in [2.75, 3.05) is 29.9 Å². The number of hydrogen-bond acceptors (Lipinski definition) is 4. The summed E-state index contributed by atoms with van der Waals surface area (Å²) in [7, 11) is 0. The number of nitrogens with one attached hydrogen (secondary N) is 2. The van der Waals surface area contributed by atoms with Gasteiger partial charge in [-0.15, -0.1) is 0 Å². The first-order chi connectivity index (χ1) is 11.1. The van der Waals surface area contributed by atoms with E-state index in [0.29, 0.717) is 31.0 Å². The molecule has 23 heavy (non-hydrogen) atoms. The van der Waals surface area contributed by atoms with Crippen LogP contribution in [0.1, 0.15) is 11.1 Å². The molecular weight excluding hydrogens is 295 g/mol. The van der Waals surface area contributed by atoms with Gasteiger partial charge in [-0.05, 0) is 25.1 Å². The van der Waals surface area contributed by atoms with Crippen LogP contribution in [-0.2, 0) is 11.3 Å². The Bertz CT molecular complexity index is 702. The monoisotopic (exact) mass is 314 g/mol. The fourth-order valence-electron chi connectivity index (χ4n) is 2.56. The van der Waals surface area contributed by atoms with Crippen molar-refractivity contribution in [3.05, 3.63) is 53.5 Å². The number of halogens is 1. The molecule has 120 valence electrons. The summed E-state index contributed by atoms with van der Waals surface area (Å²) < 4.78 is 13.7. The fraction of sp³-hybridized carbons (Fsp3) is 0.294. The molecule has 1 saturated heterocycles. The summed E-state index contributed by atoms with van der Waals surface area (Å²) in [5, 5.41) is 5.91. The van der Waals surface area contributed by atoms with Crippen LogP contribution in [-0.4, -0.2) is 30.5 Å². The van der Waals surface area contributed by atoms with E-state index in [1.54, 1.807) is 12.3 Å². The minimum Gasteiger partial charge on any atom is -0.366 e. The van der Waals surface area contributed by atoms with Crippen molar-refractivity contribution >= 4 is 17.4 Å². The van der Waals surface area contributed by atoms with Gasteiger partial charge in [-0.1, -0.05) is 17.7 Å². The number of nitrogens with zero attached hydrogens (tertiary/aromatic N) is 2. The lowest BCUT2D eigenvalue weighted by Crippen LogP contribution is -2.47. The van der Waals surface area contributed by atoms with E-state index in [1.807, 2.05) is 30.0 Å². The summed E-state index contributed by atoms with van der Waals surface area (Å²) in [6.45, 7) is 4.08. The van der Waals surface area contributed by atoms with Gasteiger partial charge in [0.05, 0.1) is 18.4 Å². The second-order valence-electron chi connectivity index (χ2n) is 5.62. The summed E-state index contributed by atoms with van der Waals surface area (Å²) in [6, 6.07) is 8.81. The summed E-state index contributed by atoms with van der Waals surface area (Å²) >= 11 is 0. The fourth-order valence-corrected chi connectivity index (χ4v) is 2.56. The van der Waals surface area contributed by atoms with Crippen molar-refractivity contribution in [2.24, 2.45) is 0 Å². The molecule has 0 radical (unpaired) electrons. The van der Waals surface area contributed by atoms with E-state index in [9.17, 15) is 9.18 Å². The second kappa shape index (κ2) is 6.64. The molecule has 1 aromatic carbocycles. The van der Waals surface area contributed by atoms with Gasteiger partial charge >= 0.3 is 0 Å². The number of carbonyl (C=O) groups excluding carboxylic acids is 1. The molecule has 5 nitrogen and oxygen atoms in total. The molecule has 3 rings (SSSR count). The molecule has 0 bridgehead atoms. The molecule has 2 aromatic rings. The van der Waals surface area contributed by atoms with Crippen molar-refractivity contribution in [2.45, 2.75) is 13.5 Å². The molecule has 1 amide bonds. The summed E-state index contributed by atoms with van der Waals surface area (Å²) in [5.41, 5.74) is 2.55. The number of anilines is 2. The standard InChI is InChI=1S/C17H19FN4O/c1-12-2-4-15(18)13(8-12)9-20-16-5-3-14(10-21-16)22-7-6-19-17(23)11-22/h2-5,8,10H,6-7,9,11H2,1H3,(H,19,23)(H,20,21). The van der Waals surface area contributed by atoms with Crippen LogP contribution in [0, 0.1) is 12.7 Å². The van der Waals surface area contributed by atoms with Gasteiger partial charge in [-0.3, -0.25) is 4.79 Å². The third kappa shape index (κ3) is 3.77. The third-order valence-electron chi connectivity index (χ3n) is 3.81. The summed E-state index contributed by atoms with van der Waals surface area (Å²) in [5.74, 6) is 0.476. The van der Waals surface area contributed by atoms with Crippen molar-refractivity contribution < 1.29 is 9.18 Å².